The zero-order valence-electron chi connectivity index (χ0n) is 9.84. The average molecular weight is 267 g/mol. The molecule has 17 heavy (non-hydrogen) atoms. The summed E-state index contributed by atoms with van der Waals surface area (Å²) in [5, 5.41) is 5.61. The molecule has 0 aliphatic heterocycles. The Labute approximate surface area is 103 Å². The number of hydrogen-bond donors (Lipinski definition) is 1. The fourth-order valence-corrected chi connectivity index (χ4v) is 2.01. The number of alkyl halides is 3. The van der Waals surface area contributed by atoms with Crippen LogP contribution in [0.25, 0.3) is 0 Å². The lowest BCUT2D eigenvalue weighted by Gasteiger charge is -2.16. The minimum Gasteiger partial charge on any atom is -0.351 e. The summed E-state index contributed by atoms with van der Waals surface area (Å²) in [4.78, 5) is 5.80. The predicted molar refractivity (Wildman–Crippen MR) is 63.4 cm³/mol. The van der Waals surface area contributed by atoms with E-state index in [1.54, 1.807) is 7.05 Å². The van der Waals surface area contributed by atoms with E-state index in [9.17, 15) is 13.2 Å². The third-order valence-electron chi connectivity index (χ3n) is 2.15. The van der Waals surface area contributed by atoms with Crippen LogP contribution in [0, 0.1) is 0 Å². The molecule has 0 fully saturated rings. The van der Waals surface area contributed by atoms with Gasteiger partial charge in [0.05, 0.1) is 12.1 Å². The van der Waals surface area contributed by atoms with Crippen LogP contribution in [0.4, 0.5) is 18.3 Å². The maximum atomic E-state index is 12.0. The van der Waals surface area contributed by atoms with E-state index in [-0.39, 0.29) is 6.54 Å². The lowest BCUT2D eigenvalue weighted by atomic mass is 10.4. The summed E-state index contributed by atoms with van der Waals surface area (Å²) in [6, 6.07) is 0. The monoisotopic (exact) mass is 267 g/mol. The highest BCUT2D eigenvalue weighted by Crippen LogP contribution is 2.23. The zero-order valence-corrected chi connectivity index (χ0v) is 10.7. The number of rotatable bonds is 6. The van der Waals surface area contributed by atoms with Crippen LogP contribution in [0.5, 0.6) is 0 Å². The van der Waals surface area contributed by atoms with E-state index in [1.165, 1.54) is 16.2 Å². The Bertz CT molecular complexity index is 338. The van der Waals surface area contributed by atoms with Crippen LogP contribution >= 0.6 is 11.3 Å². The fraction of sp³-hybridized carbons (Fsp3) is 0.700. The van der Waals surface area contributed by atoms with E-state index in [1.807, 2.05) is 12.3 Å². The minimum atomic E-state index is -4.11. The van der Waals surface area contributed by atoms with Gasteiger partial charge in [0, 0.05) is 25.5 Å². The standard InChI is InChI=1S/C10H16F3N3S/c1-3-14-6-8-7-17-9(15-8)16(2)5-4-10(11,12)13/h7,14H,3-6H2,1-2H3. The van der Waals surface area contributed by atoms with Gasteiger partial charge in [-0.15, -0.1) is 11.3 Å². The maximum Gasteiger partial charge on any atom is 0.390 e. The summed E-state index contributed by atoms with van der Waals surface area (Å²) in [7, 11) is 1.63. The second kappa shape index (κ2) is 6.20. The lowest BCUT2D eigenvalue weighted by Crippen LogP contribution is -2.24. The molecule has 3 nitrogen and oxygen atoms in total. The van der Waals surface area contributed by atoms with Crippen LogP contribution < -0.4 is 10.2 Å². The molecule has 1 aromatic heterocycles. The molecule has 0 bridgehead atoms. The summed E-state index contributed by atoms with van der Waals surface area (Å²) in [6.07, 6.45) is -4.93. The lowest BCUT2D eigenvalue weighted by molar-refractivity contribution is -0.132. The third-order valence-corrected chi connectivity index (χ3v) is 3.16. The first kappa shape index (κ1) is 14.2. The van der Waals surface area contributed by atoms with Gasteiger partial charge in [0.15, 0.2) is 5.13 Å². The Balaban J connectivity index is 2.46. The van der Waals surface area contributed by atoms with Crippen molar-refractivity contribution in [1.82, 2.24) is 10.3 Å². The molecule has 0 radical (unpaired) electrons. The van der Waals surface area contributed by atoms with Gasteiger partial charge in [-0.05, 0) is 6.54 Å². The number of halogens is 3. The van der Waals surface area contributed by atoms with Crippen LogP contribution in [0.3, 0.4) is 0 Å². The first-order valence-electron chi connectivity index (χ1n) is 5.35. The molecule has 0 saturated carbocycles. The van der Waals surface area contributed by atoms with Gasteiger partial charge in [-0.3, -0.25) is 0 Å². The third kappa shape index (κ3) is 5.36. The molecule has 0 unspecified atom stereocenters. The highest BCUT2D eigenvalue weighted by molar-refractivity contribution is 7.13. The van der Waals surface area contributed by atoms with Gasteiger partial charge in [0.1, 0.15) is 0 Å². The van der Waals surface area contributed by atoms with Crippen molar-refractivity contribution in [3.8, 4) is 0 Å². The minimum absolute atomic E-state index is 0.0579. The van der Waals surface area contributed by atoms with Crippen molar-refractivity contribution in [2.24, 2.45) is 0 Å². The van der Waals surface area contributed by atoms with E-state index >= 15 is 0 Å². The molecule has 7 heteroatoms. The highest BCUT2D eigenvalue weighted by atomic mass is 32.1. The van der Waals surface area contributed by atoms with Gasteiger partial charge in [-0.2, -0.15) is 13.2 Å². The van der Waals surface area contributed by atoms with Gasteiger partial charge < -0.3 is 10.2 Å². The number of anilines is 1. The van der Waals surface area contributed by atoms with Gasteiger partial charge in [-0.25, -0.2) is 4.98 Å². The average Bonchev–Trinajstić information content (AvgIpc) is 2.70. The largest absolute Gasteiger partial charge is 0.390 e. The Kier molecular flexibility index (Phi) is 5.20. The van der Waals surface area contributed by atoms with E-state index < -0.39 is 12.6 Å². The number of nitrogens with zero attached hydrogens (tertiary/aromatic N) is 2. The van der Waals surface area contributed by atoms with Crippen molar-refractivity contribution in [2.45, 2.75) is 26.1 Å². The molecule has 0 atom stereocenters. The van der Waals surface area contributed by atoms with E-state index in [0.717, 1.165) is 12.2 Å². The van der Waals surface area contributed by atoms with E-state index in [2.05, 4.69) is 10.3 Å². The number of aromatic nitrogens is 1. The van der Waals surface area contributed by atoms with Gasteiger partial charge in [0.25, 0.3) is 0 Å². The molecule has 1 heterocycles. The van der Waals surface area contributed by atoms with Crippen molar-refractivity contribution < 1.29 is 13.2 Å². The molecular formula is C10H16F3N3S. The predicted octanol–water partition coefficient (Wildman–Crippen LogP) is 2.64. The van der Waals surface area contributed by atoms with Crippen molar-refractivity contribution in [3.63, 3.8) is 0 Å². The van der Waals surface area contributed by atoms with Crippen molar-refractivity contribution in [2.75, 3.05) is 25.0 Å². The van der Waals surface area contributed by atoms with Gasteiger partial charge in [-0.1, -0.05) is 6.92 Å². The van der Waals surface area contributed by atoms with E-state index in [4.69, 9.17) is 0 Å². The molecule has 0 spiro atoms. The van der Waals surface area contributed by atoms with Gasteiger partial charge in [0.2, 0.25) is 0 Å². The summed E-state index contributed by atoms with van der Waals surface area (Å²) in [6.45, 7) is 3.43. The highest BCUT2D eigenvalue weighted by Gasteiger charge is 2.27. The normalized spacial score (nSPS) is 11.8. The Morgan fingerprint density at radius 3 is 2.76 bits per heavy atom. The molecule has 0 aliphatic carbocycles. The summed E-state index contributed by atoms with van der Waals surface area (Å²) in [5.41, 5.74) is 0.866. The molecule has 1 N–H and O–H groups in total. The SMILES string of the molecule is CCNCc1csc(N(C)CCC(F)(F)F)n1. The first-order chi connectivity index (χ1) is 7.92. The molecule has 0 aromatic carbocycles. The fourth-order valence-electron chi connectivity index (χ4n) is 1.20. The smallest absolute Gasteiger partial charge is 0.351 e. The quantitative estimate of drug-likeness (QED) is 0.859. The van der Waals surface area contributed by atoms with Crippen LogP contribution in [-0.2, 0) is 6.54 Å². The molecular weight excluding hydrogens is 251 g/mol. The molecule has 0 aliphatic rings. The Hall–Kier alpha value is -0.820. The van der Waals surface area contributed by atoms with Gasteiger partial charge >= 0.3 is 6.18 Å². The van der Waals surface area contributed by atoms with Crippen molar-refractivity contribution in [3.05, 3.63) is 11.1 Å². The first-order valence-corrected chi connectivity index (χ1v) is 6.23. The Morgan fingerprint density at radius 1 is 1.47 bits per heavy atom. The van der Waals surface area contributed by atoms with Crippen LogP contribution in [0.1, 0.15) is 19.0 Å². The van der Waals surface area contributed by atoms with Crippen LogP contribution in [0.15, 0.2) is 5.38 Å². The molecule has 0 saturated heterocycles. The number of nitrogens with one attached hydrogen (secondary N) is 1. The van der Waals surface area contributed by atoms with Crippen molar-refractivity contribution >= 4 is 16.5 Å². The van der Waals surface area contributed by atoms with Crippen molar-refractivity contribution in [1.29, 1.82) is 0 Å². The Morgan fingerprint density at radius 2 is 2.18 bits per heavy atom. The molecule has 1 aromatic rings. The maximum absolute atomic E-state index is 12.0. The second-order valence-corrected chi connectivity index (χ2v) is 4.53. The van der Waals surface area contributed by atoms with Crippen LogP contribution in [-0.4, -0.2) is 31.3 Å². The topological polar surface area (TPSA) is 28.2 Å². The molecule has 98 valence electrons. The second-order valence-electron chi connectivity index (χ2n) is 3.69. The van der Waals surface area contributed by atoms with E-state index in [0.29, 0.717) is 11.7 Å². The number of thiazole rings is 1. The molecule has 1 rings (SSSR count). The summed E-state index contributed by atoms with van der Waals surface area (Å²) < 4.78 is 36.1. The zero-order chi connectivity index (χ0) is 12.9. The number of hydrogen-bond acceptors (Lipinski definition) is 4. The molecule has 0 amide bonds. The summed E-state index contributed by atoms with van der Waals surface area (Å²) in [5.74, 6) is 0. The van der Waals surface area contributed by atoms with Crippen LogP contribution in [0.2, 0.25) is 0 Å². The summed E-state index contributed by atoms with van der Waals surface area (Å²) >= 11 is 1.37.